The fraction of sp³-hybridized carbons (Fsp3) is 0.333. The van der Waals surface area contributed by atoms with Crippen LogP contribution in [-0.2, 0) is 17.8 Å². The number of urea groups is 1. The van der Waals surface area contributed by atoms with Crippen molar-refractivity contribution in [3.05, 3.63) is 70.1 Å². The Labute approximate surface area is 169 Å². The number of nitrogens with one attached hydrogen (secondary N) is 2. The summed E-state index contributed by atoms with van der Waals surface area (Å²) >= 11 is 0. The van der Waals surface area contributed by atoms with E-state index in [1.165, 1.54) is 0 Å². The van der Waals surface area contributed by atoms with Gasteiger partial charge in [0.1, 0.15) is 6.04 Å². The molecule has 1 aliphatic rings. The van der Waals surface area contributed by atoms with Crippen LogP contribution in [0.4, 0.5) is 16.2 Å². The Kier molecular flexibility index (Phi) is 6.36. The Morgan fingerprint density at radius 1 is 1.28 bits per heavy atom. The van der Waals surface area contributed by atoms with Gasteiger partial charge in [-0.2, -0.15) is 0 Å². The molecule has 0 saturated heterocycles. The maximum absolute atomic E-state index is 13.1. The molecular formula is C21H24N6O2. The van der Waals surface area contributed by atoms with Crippen LogP contribution in [0.3, 0.4) is 0 Å². The van der Waals surface area contributed by atoms with Crippen LogP contribution in [0, 0.1) is 0 Å². The predicted molar refractivity (Wildman–Crippen MR) is 113 cm³/mol. The average molecular weight is 392 g/mol. The molecule has 8 heteroatoms. The number of nitrogens with zero attached hydrogens (tertiary/aromatic N) is 4. The van der Waals surface area contributed by atoms with E-state index in [9.17, 15) is 9.59 Å². The van der Waals surface area contributed by atoms with Crippen molar-refractivity contribution in [2.75, 3.05) is 10.2 Å². The first kappa shape index (κ1) is 20.2. The molecule has 2 N–H and O–H groups in total. The van der Waals surface area contributed by atoms with Gasteiger partial charge in [0, 0.05) is 22.3 Å². The topological polar surface area (TPSA) is 110 Å². The van der Waals surface area contributed by atoms with E-state index in [0.29, 0.717) is 25.1 Å². The number of fused-ring (bicyclic) bond motifs is 1. The molecule has 1 unspecified atom stereocenters. The molecule has 3 rings (SSSR count). The van der Waals surface area contributed by atoms with E-state index >= 15 is 0 Å². The third-order valence-corrected chi connectivity index (χ3v) is 4.66. The molecule has 1 aliphatic heterocycles. The molecule has 0 fully saturated rings. The van der Waals surface area contributed by atoms with E-state index in [1.807, 2.05) is 56.3 Å². The Morgan fingerprint density at radius 3 is 2.83 bits per heavy atom. The molecule has 0 bridgehead atoms. The van der Waals surface area contributed by atoms with Gasteiger partial charge in [0.2, 0.25) is 5.91 Å². The number of hydrogen-bond donors (Lipinski definition) is 2. The first-order valence-corrected chi connectivity index (χ1v) is 9.58. The number of rotatable bonds is 5. The van der Waals surface area contributed by atoms with E-state index in [4.69, 9.17) is 5.53 Å². The summed E-state index contributed by atoms with van der Waals surface area (Å²) in [5.74, 6) is -0.219. The minimum Gasteiger partial charge on any atom is -0.336 e. The van der Waals surface area contributed by atoms with E-state index in [2.05, 4.69) is 20.7 Å². The molecule has 0 spiro atoms. The van der Waals surface area contributed by atoms with Gasteiger partial charge in [-0.25, -0.2) is 4.79 Å². The zero-order valence-corrected chi connectivity index (χ0v) is 16.5. The maximum Gasteiger partial charge on any atom is 0.319 e. The number of aryl methyl sites for hydroxylation is 1. The zero-order valence-electron chi connectivity index (χ0n) is 16.5. The van der Waals surface area contributed by atoms with Gasteiger partial charge in [0.05, 0.1) is 6.54 Å². The number of carbonyl (C=O) groups excluding carboxylic acids is 2. The average Bonchev–Trinajstić information content (AvgIpc) is 2.80. The fourth-order valence-corrected chi connectivity index (χ4v) is 3.39. The van der Waals surface area contributed by atoms with Gasteiger partial charge in [-0.15, -0.1) is 0 Å². The van der Waals surface area contributed by atoms with Crippen LogP contribution >= 0.6 is 0 Å². The first-order valence-electron chi connectivity index (χ1n) is 9.58. The third-order valence-electron chi connectivity index (χ3n) is 4.66. The van der Waals surface area contributed by atoms with Crippen LogP contribution in [0.15, 0.2) is 53.6 Å². The summed E-state index contributed by atoms with van der Waals surface area (Å²) in [6.45, 7) is 4.09. The largest absolute Gasteiger partial charge is 0.336 e. The number of amides is 3. The lowest BCUT2D eigenvalue weighted by Gasteiger charge is -2.25. The number of benzene rings is 2. The molecule has 0 saturated carbocycles. The Morgan fingerprint density at radius 2 is 2.07 bits per heavy atom. The van der Waals surface area contributed by atoms with Gasteiger partial charge in [0.15, 0.2) is 0 Å². The Balaban J connectivity index is 1.87. The summed E-state index contributed by atoms with van der Waals surface area (Å²) in [5, 5.41) is 9.29. The van der Waals surface area contributed by atoms with Gasteiger partial charge < -0.3 is 15.5 Å². The first-order chi connectivity index (χ1) is 14.0. The van der Waals surface area contributed by atoms with Crippen molar-refractivity contribution in [2.24, 2.45) is 5.11 Å². The smallest absolute Gasteiger partial charge is 0.319 e. The third kappa shape index (κ3) is 5.06. The molecule has 1 atom stereocenters. The Bertz CT molecular complexity index is 952. The lowest BCUT2D eigenvalue weighted by Crippen LogP contribution is -2.37. The lowest BCUT2D eigenvalue weighted by atomic mass is 10.1. The normalized spacial score (nSPS) is 15.9. The number of para-hydroxylation sites is 1. The van der Waals surface area contributed by atoms with Crippen molar-refractivity contribution in [1.29, 1.82) is 0 Å². The summed E-state index contributed by atoms with van der Waals surface area (Å²) in [7, 11) is 0. The summed E-state index contributed by atoms with van der Waals surface area (Å²) in [6.07, 6.45) is 1.15. The second kappa shape index (κ2) is 9.12. The summed E-state index contributed by atoms with van der Waals surface area (Å²) in [5.41, 5.74) is 12.2. The van der Waals surface area contributed by atoms with Crippen molar-refractivity contribution in [3.8, 4) is 0 Å². The molecule has 0 radical (unpaired) electrons. The molecule has 29 heavy (non-hydrogen) atoms. The molecule has 3 amide bonds. The minimum absolute atomic E-state index is 0.0297. The summed E-state index contributed by atoms with van der Waals surface area (Å²) < 4.78 is 0. The fourth-order valence-electron chi connectivity index (χ4n) is 3.39. The van der Waals surface area contributed by atoms with Crippen LogP contribution in [0.25, 0.3) is 10.4 Å². The summed E-state index contributed by atoms with van der Waals surface area (Å²) in [4.78, 5) is 29.5. The van der Waals surface area contributed by atoms with Gasteiger partial charge in [-0.1, -0.05) is 35.4 Å². The maximum atomic E-state index is 13.1. The van der Waals surface area contributed by atoms with Crippen molar-refractivity contribution < 1.29 is 9.59 Å². The molecule has 0 aromatic heterocycles. The molecule has 2 aromatic rings. The second-order valence-electron chi connectivity index (χ2n) is 7.27. The quantitative estimate of drug-likeness (QED) is 0.447. The monoisotopic (exact) mass is 392 g/mol. The number of carbonyl (C=O) groups is 2. The van der Waals surface area contributed by atoms with Crippen LogP contribution < -0.4 is 15.5 Å². The highest BCUT2D eigenvalue weighted by atomic mass is 16.2. The van der Waals surface area contributed by atoms with Gasteiger partial charge in [-0.05, 0) is 61.5 Å². The molecule has 150 valence electrons. The molecule has 1 heterocycles. The van der Waals surface area contributed by atoms with Crippen LogP contribution in [0.2, 0.25) is 0 Å². The van der Waals surface area contributed by atoms with Crippen LogP contribution in [0.1, 0.15) is 31.4 Å². The van der Waals surface area contributed by atoms with Crippen molar-refractivity contribution in [1.82, 2.24) is 5.32 Å². The van der Waals surface area contributed by atoms with E-state index in [-0.39, 0.29) is 18.0 Å². The molecule has 2 aromatic carbocycles. The highest BCUT2D eigenvalue weighted by Crippen LogP contribution is 2.29. The highest BCUT2D eigenvalue weighted by molar-refractivity contribution is 5.98. The predicted octanol–water partition coefficient (Wildman–Crippen LogP) is 4.37. The SMILES string of the molecule is CC(C)NC(=O)Nc1cccc(CN2C(=O)C(N=[N+]=[N-])CCc3ccccc32)c1. The lowest BCUT2D eigenvalue weighted by molar-refractivity contribution is -0.119. The molecular weight excluding hydrogens is 368 g/mol. The van der Waals surface area contributed by atoms with Crippen molar-refractivity contribution in [3.63, 3.8) is 0 Å². The van der Waals surface area contributed by atoms with Crippen LogP contribution in [-0.4, -0.2) is 24.0 Å². The zero-order chi connectivity index (χ0) is 20.8. The summed E-state index contributed by atoms with van der Waals surface area (Å²) in [6, 6.07) is 14.1. The van der Waals surface area contributed by atoms with Crippen molar-refractivity contribution in [2.45, 2.75) is 45.3 Å². The molecule has 0 aliphatic carbocycles. The number of anilines is 2. The second-order valence-corrected chi connectivity index (χ2v) is 7.27. The van der Waals surface area contributed by atoms with Gasteiger partial charge in [-0.3, -0.25) is 4.79 Å². The van der Waals surface area contributed by atoms with Crippen molar-refractivity contribution >= 4 is 23.3 Å². The van der Waals surface area contributed by atoms with Gasteiger partial charge >= 0.3 is 6.03 Å². The Hall–Kier alpha value is -3.51. The highest BCUT2D eigenvalue weighted by Gasteiger charge is 2.29. The van der Waals surface area contributed by atoms with E-state index in [0.717, 1.165) is 16.8 Å². The molecule has 8 nitrogen and oxygen atoms in total. The standard InChI is InChI=1S/C21H24N6O2/c1-14(2)23-21(29)24-17-8-5-6-15(12-17)13-27-19-9-4-3-7-16(19)10-11-18(20(27)28)25-26-22/h3-9,12,14,18H,10-11,13H2,1-2H3,(H2,23,24,29). The number of hydrogen-bond acceptors (Lipinski definition) is 3. The van der Waals surface area contributed by atoms with E-state index in [1.54, 1.807) is 11.0 Å². The number of azide groups is 1. The minimum atomic E-state index is -0.731. The van der Waals surface area contributed by atoms with Crippen LogP contribution in [0.5, 0.6) is 0 Å². The van der Waals surface area contributed by atoms with Gasteiger partial charge in [0.25, 0.3) is 0 Å². The van der Waals surface area contributed by atoms with E-state index < -0.39 is 6.04 Å².